The predicted octanol–water partition coefficient (Wildman–Crippen LogP) is 1.22. The van der Waals surface area contributed by atoms with Gasteiger partial charge in [0.05, 0.1) is 12.0 Å². The van der Waals surface area contributed by atoms with E-state index >= 15 is 0 Å². The van der Waals surface area contributed by atoms with Crippen molar-refractivity contribution in [3.8, 4) is 5.75 Å². The molecule has 23 heavy (non-hydrogen) atoms. The average Bonchev–Trinajstić information content (AvgIpc) is 2.99. The highest BCUT2D eigenvalue weighted by atomic mass is 32.2. The van der Waals surface area contributed by atoms with Gasteiger partial charge >= 0.3 is 0 Å². The number of carbonyl (C=O) groups excluding carboxylic acids is 1. The van der Waals surface area contributed by atoms with Crippen LogP contribution in [0.5, 0.6) is 5.75 Å². The molecule has 0 N–H and O–H groups in total. The molecule has 3 rings (SSSR count). The van der Waals surface area contributed by atoms with Crippen molar-refractivity contribution in [2.75, 3.05) is 20.2 Å². The molecule has 0 aliphatic carbocycles. The summed E-state index contributed by atoms with van der Waals surface area (Å²) in [6.07, 6.45) is 1.68. The molecule has 0 unspecified atom stereocenters. The van der Waals surface area contributed by atoms with E-state index in [1.807, 2.05) is 0 Å². The third-order valence-corrected chi connectivity index (χ3v) is 6.50. The Balaban J connectivity index is 1.95. The molecule has 1 amide bonds. The SMILES string of the molecule is COc1ccc(S(=O)(=O)N2C[C@@H]3CCCN3C(=O)[C@H]2C)cc1F. The number of fused-ring (bicyclic) bond motifs is 1. The van der Waals surface area contributed by atoms with Gasteiger partial charge in [-0.15, -0.1) is 0 Å². The molecular formula is C15H19FN2O4S. The molecule has 1 aromatic rings. The van der Waals surface area contributed by atoms with E-state index < -0.39 is 21.9 Å². The van der Waals surface area contributed by atoms with Gasteiger partial charge in [0.25, 0.3) is 0 Å². The van der Waals surface area contributed by atoms with Crippen molar-refractivity contribution in [1.29, 1.82) is 0 Å². The van der Waals surface area contributed by atoms with Crippen LogP contribution in [0.3, 0.4) is 0 Å². The number of piperazine rings is 1. The van der Waals surface area contributed by atoms with Gasteiger partial charge < -0.3 is 9.64 Å². The highest BCUT2D eigenvalue weighted by molar-refractivity contribution is 7.89. The number of amides is 1. The van der Waals surface area contributed by atoms with Gasteiger partial charge in [0.15, 0.2) is 11.6 Å². The fraction of sp³-hybridized carbons (Fsp3) is 0.533. The third-order valence-electron chi connectivity index (χ3n) is 4.57. The smallest absolute Gasteiger partial charge is 0.243 e. The van der Waals surface area contributed by atoms with Crippen LogP contribution in [0.1, 0.15) is 19.8 Å². The molecule has 2 aliphatic rings. The summed E-state index contributed by atoms with van der Waals surface area (Å²) in [5, 5.41) is 0. The van der Waals surface area contributed by atoms with Crippen LogP contribution >= 0.6 is 0 Å². The van der Waals surface area contributed by atoms with Gasteiger partial charge in [-0.25, -0.2) is 12.8 Å². The summed E-state index contributed by atoms with van der Waals surface area (Å²) in [5.41, 5.74) is 0. The zero-order valence-electron chi connectivity index (χ0n) is 13.0. The van der Waals surface area contributed by atoms with E-state index in [9.17, 15) is 17.6 Å². The first-order valence-corrected chi connectivity index (χ1v) is 8.96. The monoisotopic (exact) mass is 342 g/mol. The Kier molecular flexibility index (Phi) is 4.05. The highest BCUT2D eigenvalue weighted by Crippen LogP contribution is 2.31. The third kappa shape index (κ3) is 2.59. The summed E-state index contributed by atoms with van der Waals surface area (Å²) in [5.74, 6) is -0.947. The molecule has 0 aromatic heterocycles. The number of nitrogens with zero attached hydrogens (tertiary/aromatic N) is 2. The van der Waals surface area contributed by atoms with Gasteiger partial charge in [0, 0.05) is 19.1 Å². The quantitative estimate of drug-likeness (QED) is 0.828. The molecule has 1 aromatic carbocycles. The summed E-state index contributed by atoms with van der Waals surface area (Å²) in [4.78, 5) is 14.0. The van der Waals surface area contributed by atoms with Crippen molar-refractivity contribution in [3.05, 3.63) is 24.0 Å². The molecule has 2 fully saturated rings. The Bertz CT molecular complexity index is 737. The number of sulfonamides is 1. The van der Waals surface area contributed by atoms with Gasteiger partial charge in [0.1, 0.15) is 6.04 Å². The lowest BCUT2D eigenvalue weighted by Crippen LogP contribution is -2.59. The normalized spacial score (nSPS) is 25.5. The maximum Gasteiger partial charge on any atom is 0.243 e. The Morgan fingerprint density at radius 2 is 2.09 bits per heavy atom. The second kappa shape index (κ2) is 5.76. The fourth-order valence-corrected chi connectivity index (χ4v) is 4.93. The lowest BCUT2D eigenvalue weighted by atomic mass is 10.1. The number of hydrogen-bond donors (Lipinski definition) is 0. The van der Waals surface area contributed by atoms with Crippen molar-refractivity contribution < 1.29 is 22.3 Å². The van der Waals surface area contributed by atoms with Crippen molar-refractivity contribution in [2.45, 2.75) is 36.7 Å². The van der Waals surface area contributed by atoms with E-state index in [-0.39, 0.29) is 29.1 Å². The van der Waals surface area contributed by atoms with Crippen molar-refractivity contribution in [2.24, 2.45) is 0 Å². The zero-order valence-corrected chi connectivity index (χ0v) is 13.8. The average molecular weight is 342 g/mol. The number of ether oxygens (including phenoxy) is 1. The summed E-state index contributed by atoms with van der Waals surface area (Å²) < 4.78 is 45.5. The molecular weight excluding hydrogens is 323 g/mol. The minimum Gasteiger partial charge on any atom is -0.494 e. The van der Waals surface area contributed by atoms with E-state index in [1.54, 1.807) is 11.8 Å². The summed E-state index contributed by atoms with van der Waals surface area (Å²) in [6.45, 7) is 2.51. The largest absolute Gasteiger partial charge is 0.494 e. The van der Waals surface area contributed by atoms with Gasteiger partial charge in [0.2, 0.25) is 15.9 Å². The summed E-state index contributed by atoms with van der Waals surface area (Å²) in [6, 6.07) is 2.65. The van der Waals surface area contributed by atoms with E-state index in [0.29, 0.717) is 6.54 Å². The predicted molar refractivity (Wildman–Crippen MR) is 81.0 cm³/mol. The standard InChI is InChI=1S/C15H19FN2O4S/c1-10-15(19)17-7-3-4-11(17)9-18(10)23(20,21)12-5-6-14(22-2)13(16)8-12/h5-6,8,10-11H,3-4,7,9H2,1-2H3/t10-,11+/m1/s1. The molecule has 0 radical (unpaired) electrons. The molecule has 126 valence electrons. The maximum absolute atomic E-state index is 13.9. The summed E-state index contributed by atoms with van der Waals surface area (Å²) in [7, 11) is -2.63. The molecule has 0 saturated carbocycles. The Labute approximate surface area is 134 Å². The number of methoxy groups -OCH3 is 1. The maximum atomic E-state index is 13.9. The van der Waals surface area contributed by atoms with Crippen LogP contribution in [0, 0.1) is 5.82 Å². The minimum absolute atomic E-state index is 0.0197. The van der Waals surface area contributed by atoms with Gasteiger partial charge in [-0.2, -0.15) is 4.31 Å². The molecule has 0 spiro atoms. The molecule has 2 atom stereocenters. The van der Waals surface area contributed by atoms with Crippen LogP contribution < -0.4 is 4.74 Å². The van der Waals surface area contributed by atoms with Gasteiger partial charge in [-0.05, 0) is 38.0 Å². The lowest BCUT2D eigenvalue weighted by Gasteiger charge is -2.40. The number of halogens is 1. The number of carbonyl (C=O) groups is 1. The molecule has 2 saturated heterocycles. The van der Waals surface area contributed by atoms with Gasteiger partial charge in [-0.3, -0.25) is 4.79 Å². The molecule has 2 aliphatic heterocycles. The minimum atomic E-state index is -3.94. The first-order valence-electron chi connectivity index (χ1n) is 7.52. The first kappa shape index (κ1) is 16.2. The lowest BCUT2D eigenvalue weighted by molar-refractivity contribution is -0.139. The number of hydrogen-bond acceptors (Lipinski definition) is 4. The number of benzene rings is 1. The van der Waals surface area contributed by atoms with Crippen LogP contribution in [0.25, 0.3) is 0 Å². The van der Waals surface area contributed by atoms with Crippen molar-refractivity contribution in [1.82, 2.24) is 9.21 Å². The highest BCUT2D eigenvalue weighted by Gasteiger charge is 2.45. The first-order chi connectivity index (χ1) is 10.9. The molecule has 0 bridgehead atoms. The van der Waals surface area contributed by atoms with Crippen LogP contribution in [-0.2, 0) is 14.8 Å². The van der Waals surface area contributed by atoms with E-state index in [4.69, 9.17) is 4.74 Å². The topological polar surface area (TPSA) is 66.9 Å². The van der Waals surface area contributed by atoms with E-state index in [0.717, 1.165) is 18.9 Å². The van der Waals surface area contributed by atoms with Crippen molar-refractivity contribution in [3.63, 3.8) is 0 Å². The van der Waals surface area contributed by atoms with Gasteiger partial charge in [-0.1, -0.05) is 0 Å². The van der Waals surface area contributed by atoms with E-state index in [1.165, 1.54) is 23.5 Å². The van der Waals surface area contributed by atoms with Crippen LogP contribution in [0.15, 0.2) is 23.1 Å². The Morgan fingerprint density at radius 1 is 1.35 bits per heavy atom. The Morgan fingerprint density at radius 3 is 2.74 bits per heavy atom. The summed E-state index contributed by atoms with van der Waals surface area (Å²) >= 11 is 0. The zero-order chi connectivity index (χ0) is 16.8. The van der Waals surface area contributed by atoms with E-state index in [2.05, 4.69) is 0 Å². The number of rotatable bonds is 3. The Hall–Kier alpha value is -1.67. The van der Waals surface area contributed by atoms with Crippen LogP contribution in [0.4, 0.5) is 4.39 Å². The van der Waals surface area contributed by atoms with Crippen LogP contribution in [0.2, 0.25) is 0 Å². The second-order valence-electron chi connectivity index (χ2n) is 5.87. The molecule has 8 heteroatoms. The van der Waals surface area contributed by atoms with Crippen molar-refractivity contribution >= 4 is 15.9 Å². The van der Waals surface area contributed by atoms with Crippen LogP contribution in [-0.4, -0.2) is 55.8 Å². The molecule has 6 nitrogen and oxygen atoms in total. The molecule has 2 heterocycles. The second-order valence-corrected chi connectivity index (χ2v) is 7.77. The fourth-order valence-electron chi connectivity index (χ4n) is 3.29.